The van der Waals surface area contributed by atoms with Crippen LogP contribution in [0.4, 0.5) is 0 Å². The standard InChI is InChI=1S/C5H8O4/c6-3-7-1-5-2-8-4-9-5/h3,5H,1-2,4H2. The minimum atomic E-state index is -0.0600. The molecule has 0 aliphatic carbocycles. The first-order valence-electron chi connectivity index (χ1n) is 2.68. The van der Waals surface area contributed by atoms with Crippen molar-refractivity contribution >= 4 is 6.47 Å². The Morgan fingerprint density at radius 1 is 1.78 bits per heavy atom. The SMILES string of the molecule is O=COCC1COCO1. The molecule has 4 nitrogen and oxygen atoms in total. The molecule has 0 amide bonds. The van der Waals surface area contributed by atoms with Gasteiger partial charge in [-0.25, -0.2) is 0 Å². The molecule has 1 rings (SSSR count). The van der Waals surface area contributed by atoms with Crippen LogP contribution in [0.15, 0.2) is 0 Å². The quantitative estimate of drug-likeness (QED) is 0.487. The number of carbonyl (C=O) groups is 1. The zero-order chi connectivity index (χ0) is 6.53. The van der Waals surface area contributed by atoms with E-state index in [1.807, 2.05) is 0 Å². The van der Waals surface area contributed by atoms with E-state index in [9.17, 15) is 4.79 Å². The van der Waals surface area contributed by atoms with Gasteiger partial charge >= 0.3 is 0 Å². The van der Waals surface area contributed by atoms with E-state index >= 15 is 0 Å². The second-order valence-electron chi connectivity index (χ2n) is 1.71. The normalized spacial score (nSPS) is 26.0. The van der Waals surface area contributed by atoms with Gasteiger partial charge in [-0.15, -0.1) is 0 Å². The van der Waals surface area contributed by atoms with E-state index in [-0.39, 0.29) is 6.10 Å². The molecule has 1 heterocycles. The third-order valence-corrected chi connectivity index (χ3v) is 1.04. The maximum absolute atomic E-state index is 9.64. The fourth-order valence-electron chi connectivity index (χ4n) is 0.615. The highest BCUT2D eigenvalue weighted by Gasteiger charge is 2.15. The highest BCUT2D eigenvalue weighted by Crippen LogP contribution is 2.01. The van der Waals surface area contributed by atoms with Crippen LogP contribution >= 0.6 is 0 Å². The Labute approximate surface area is 52.7 Å². The van der Waals surface area contributed by atoms with Crippen molar-refractivity contribution < 1.29 is 19.0 Å². The van der Waals surface area contributed by atoms with Crippen molar-refractivity contribution in [1.29, 1.82) is 0 Å². The predicted molar refractivity (Wildman–Crippen MR) is 27.7 cm³/mol. The molecular weight excluding hydrogens is 124 g/mol. The van der Waals surface area contributed by atoms with Crippen LogP contribution in [0.2, 0.25) is 0 Å². The molecule has 0 radical (unpaired) electrons. The van der Waals surface area contributed by atoms with E-state index in [4.69, 9.17) is 9.47 Å². The third kappa shape index (κ3) is 1.99. The summed E-state index contributed by atoms with van der Waals surface area (Å²) in [5.41, 5.74) is 0. The Balaban J connectivity index is 2.04. The molecule has 1 unspecified atom stereocenters. The molecule has 0 spiro atoms. The van der Waals surface area contributed by atoms with Gasteiger partial charge in [0.25, 0.3) is 6.47 Å². The van der Waals surface area contributed by atoms with E-state index in [1.54, 1.807) is 0 Å². The lowest BCUT2D eigenvalue weighted by atomic mass is 10.4. The van der Waals surface area contributed by atoms with Crippen molar-refractivity contribution in [3.63, 3.8) is 0 Å². The molecule has 1 fully saturated rings. The summed E-state index contributed by atoms with van der Waals surface area (Å²) in [6.45, 7) is 1.53. The first-order valence-corrected chi connectivity index (χ1v) is 2.68. The van der Waals surface area contributed by atoms with Crippen LogP contribution < -0.4 is 0 Å². The lowest BCUT2D eigenvalue weighted by Crippen LogP contribution is -2.16. The Hall–Kier alpha value is -0.610. The van der Waals surface area contributed by atoms with Crippen LogP contribution in [0.25, 0.3) is 0 Å². The largest absolute Gasteiger partial charge is 0.465 e. The average Bonchev–Trinajstić information content (AvgIpc) is 2.34. The molecule has 1 aliphatic rings. The molecule has 0 N–H and O–H groups in total. The summed E-state index contributed by atoms with van der Waals surface area (Å²) < 4.78 is 14.2. The summed E-state index contributed by atoms with van der Waals surface area (Å²) in [6, 6.07) is 0. The van der Waals surface area contributed by atoms with Gasteiger partial charge in [-0.3, -0.25) is 4.79 Å². The van der Waals surface area contributed by atoms with Crippen molar-refractivity contribution in [3.8, 4) is 0 Å². The Bertz CT molecular complexity index is 87.0. The lowest BCUT2D eigenvalue weighted by Gasteiger charge is -2.02. The lowest BCUT2D eigenvalue weighted by molar-refractivity contribution is -0.131. The van der Waals surface area contributed by atoms with Gasteiger partial charge in [0.05, 0.1) is 6.61 Å². The fraction of sp³-hybridized carbons (Fsp3) is 0.800. The second kappa shape index (κ2) is 3.42. The predicted octanol–water partition coefficient (Wildman–Crippen LogP) is -0.468. The minimum absolute atomic E-state index is 0.0600. The van der Waals surface area contributed by atoms with Crippen molar-refractivity contribution in [2.24, 2.45) is 0 Å². The van der Waals surface area contributed by atoms with E-state index in [0.29, 0.717) is 26.5 Å². The van der Waals surface area contributed by atoms with Crippen LogP contribution in [-0.2, 0) is 19.0 Å². The summed E-state index contributed by atoms with van der Waals surface area (Å²) in [7, 11) is 0. The highest BCUT2D eigenvalue weighted by atomic mass is 16.7. The van der Waals surface area contributed by atoms with Gasteiger partial charge in [0.1, 0.15) is 19.5 Å². The van der Waals surface area contributed by atoms with Crippen molar-refractivity contribution in [1.82, 2.24) is 0 Å². The first kappa shape index (κ1) is 6.51. The zero-order valence-electron chi connectivity index (χ0n) is 4.91. The molecule has 0 aromatic carbocycles. The van der Waals surface area contributed by atoms with Crippen molar-refractivity contribution in [2.75, 3.05) is 20.0 Å². The average molecular weight is 132 g/mol. The Kier molecular flexibility index (Phi) is 2.48. The molecule has 0 aromatic rings. The molecule has 9 heavy (non-hydrogen) atoms. The molecule has 1 saturated heterocycles. The second-order valence-corrected chi connectivity index (χ2v) is 1.71. The van der Waals surface area contributed by atoms with Gasteiger partial charge in [-0.2, -0.15) is 0 Å². The number of carbonyl (C=O) groups excluding carboxylic acids is 1. The number of hydrogen-bond acceptors (Lipinski definition) is 4. The molecule has 52 valence electrons. The molecular formula is C5H8O4. The summed E-state index contributed by atoms with van der Waals surface area (Å²) in [6.07, 6.45) is -0.0600. The fourth-order valence-corrected chi connectivity index (χ4v) is 0.615. The number of ether oxygens (including phenoxy) is 3. The van der Waals surface area contributed by atoms with Crippen LogP contribution in [0.1, 0.15) is 0 Å². The summed E-state index contributed by atoms with van der Waals surface area (Å²) in [5.74, 6) is 0. The number of rotatable bonds is 3. The van der Waals surface area contributed by atoms with Gasteiger partial charge in [-0.1, -0.05) is 0 Å². The number of hydrogen-bond donors (Lipinski definition) is 0. The van der Waals surface area contributed by atoms with Gasteiger partial charge in [0, 0.05) is 0 Å². The summed E-state index contributed by atoms with van der Waals surface area (Å²) >= 11 is 0. The monoisotopic (exact) mass is 132 g/mol. The summed E-state index contributed by atoms with van der Waals surface area (Å²) in [4.78, 5) is 9.64. The van der Waals surface area contributed by atoms with Gasteiger partial charge in [0.15, 0.2) is 0 Å². The van der Waals surface area contributed by atoms with Crippen molar-refractivity contribution in [2.45, 2.75) is 6.10 Å². The van der Waals surface area contributed by atoms with E-state index in [2.05, 4.69) is 4.74 Å². The third-order valence-electron chi connectivity index (χ3n) is 1.04. The Morgan fingerprint density at radius 2 is 2.67 bits per heavy atom. The molecule has 0 saturated carbocycles. The van der Waals surface area contributed by atoms with Gasteiger partial charge < -0.3 is 14.2 Å². The van der Waals surface area contributed by atoms with Crippen LogP contribution in [-0.4, -0.2) is 32.6 Å². The molecule has 4 heteroatoms. The smallest absolute Gasteiger partial charge is 0.293 e. The van der Waals surface area contributed by atoms with E-state index in [1.165, 1.54) is 0 Å². The van der Waals surface area contributed by atoms with Crippen LogP contribution in [0, 0.1) is 0 Å². The van der Waals surface area contributed by atoms with Gasteiger partial charge in [-0.05, 0) is 0 Å². The minimum Gasteiger partial charge on any atom is -0.465 e. The maximum Gasteiger partial charge on any atom is 0.293 e. The Morgan fingerprint density at radius 3 is 3.22 bits per heavy atom. The van der Waals surface area contributed by atoms with E-state index in [0.717, 1.165) is 0 Å². The molecule has 0 bridgehead atoms. The first-order chi connectivity index (χ1) is 4.43. The van der Waals surface area contributed by atoms with Crippen molar-refractivity contribution in [3.05, 3.63) is 0 Å². The highest BCUT2D eigenvalue weighted by molar-refractivity contribution is 5.36. The van der Waals surface area contributed by atoms with Crippen LogP contribution in [0.3, 0.4) is 0 Å². The topological polar surface area (TPSA) is 44.8 Å². The molecule has 1 aliphatic heterocycles. The van der Waals surface area contributed by atoms with E-state index < -0.39 is 0 Å². The summed E-state index contributed by atoms with van der Waals surface area (Å²) in [5, 5.41) is 0. The zero-order valence-corrected chi connectivity index (χ0v) is 4.91. The van der Waals surface area contributed by atoms with Gasteiger partial charge in [0.2, 0.25) is 0 Å². The van der Waals surface area contributed by atoms with Crippen LogP contribution in [0.5, 0.6) is 0 Å². The molecule has 1 atom stereocenters. The maximum atomic E-state index is 9.64. The molecule has 0 aromatic heterocycles.